The number of β-amino-alcohol motifs (C(OH)–C–C–N with tert-alkyl or cyclic N) is 1. The zero-order chi connectivity index (χ0) is 16.2. The summed E-state index contributed by atoms with van der Waals surface area (Å²) in [4.78, 5) is 18.0. The minimum Gasteiger partial charge on any atom is -0.468 e. The van der Waals surface area contributed by atoms with Gasteiger partial charge in [0.25, 0.3) is 0 Å². The van der Waals surface area contributed by atoms with Crippen molar-refractivity contribution in [2.75, 3.05) is 13.7 Å². The predicted octanol–water partition coefficient (Wildman–Crippen LogP) is 1.86. The Morgan fingerprint density at radius 2 is 2.17 bits per heavy atom. The normalized spacial score (nSPS) is 21.3. The molecule has 5 nitrogen and oxygen atoms in total. The van der Waals surface area contributed by atoms with Gasteiger partial charge >= 0.3 is 5.97 Å². The van der Waals surface area contributed by atoms with Crippen LogP contribution in [0.2, 0.25) is 0 Å². The fourth-order valence-corrected chi connectivity index (χ4v) is 3.05. The number of ether oxygens (including phenoxy) is 1. The molecule has 0 aliphatic carbocycles. The molecule has 1 aliphatic rings. The quantitative estimate of drug-likeness (QED) is 0.873. The van der Waals surface area contributed by atoms with E-state index in [0.29, 0.717) is 19.5 Å². The summed E-state index contributed by atoms with van der Waals surface area (Å²) in [5.74, 6) is -0.287. The molecule has 23 heavy (non-hydrogen) atoms. The van der Waals surface area contributed by atoms with E-state index in [1.165, 1.54) is 7.11 Å². The Hall–Kier alpha value is -2.24. The van der Waals surface area contributed by atoms with Crippen molar-refractivity contribution in [3.05, 3.63) is 54.4 Å². The third-order valence-corrected chi connectivity index (χ3v) is 4.16. The summed E-state index contributed by atoms with van der Waals surface area (Å²) in [7, 11) is 1.38. The summed E-state index contributed by atoms with van der Waals surface area (Å²) >= 11 is 0. The first-order chi connectivity index (χ1) is 11.2. The van der Waals surface area contributed by atoms with Gasteiger partial charge in [-0.25, -0.2) is 0 Å². The zero-order valence-corrected chi connectivity index (χ0v) is 13.1. The lowest BCUT2D eigenvalue weighted by molar-refractivity contribution is -0.146. The summed E-state index contributed by atoms with van der Waals surface area (Å²) in [6.45, 7) is 1.09. The molecule has 0 amide bonds. The number of esters is 1. The summed E-state index contributed by atoms with van der Waals surface area (Å²) in [5.41, 5.74) is 3.24. The highest BCUT2D eigenvalue weighted by Crippen LogP contribution is 2.24. The number of nitrogens with zero attached hydrogens (tertiary/aromatic N) is 2. The number of pyridine rings is 1. The summed E-state index contributed by atoms with van der Waals surface area (Å²) in [6, 6.07) is 11.7. The molecule has 0 unspecified atom stereocenters. The van der Waals surface area contributed by atoms with E-state index in [1.807, 2.05) is 41.4 Å². The molecule has 3 rings (SSSR count). The number of aliphatic hydroxyl groups excluding tert-OH is 1. The molecule has 2 atom stereocenters. The van der Waals surface area contributed by atoms with E-state index in [4.69, 9.17) is 4.74 Å². The van der Waals surface area contributed by atoms with Gasteiger partial charge in [0, 0.05) is 31.9 Å². The van der Waals surface area contributed by atoms with Crippen molar-refractivity contribution in [2.45, 2.75) is 25.1 Å². The van der Waals surface area contributed by atoms with Gasteiger partial charge in [-0.3, -0.25) is 14.7 Å². The number of methoxy groups -OCH3 is 1. The third-order valence-electron chi connectivity index (χ3n) is 4.16. The minimum absolute atomic E-state index is 0.287. The Bertz CT molecular complexity index is 675. The standard InChI is InChI=1S/C18H20N2O3/c1-23-18(22)17-9-16(21)12-20(17)11-13-4-2-5-14(8-13)15-6-3-7-19-10-15/h2-8,10,16-17,21H,9,11-12H2,1H3/t16-,17+/m1/s1. The van der Waals surface area contributed by atoms with E-state index < -0.39 is 6.10 Å². The molecule has 0 bridgehead atoms. The highest BCUT2D eigenvalue weighted by molar-refractivity contribution is 5.76. The molecule has 5 heteroatoms. The lowest BCUT2D eigenvalue weighted by Gasteiger charge is -2.22. The van der Waals surface area contributed by atoms with Gasteiger partial charge in [0.2, 0.25) is 0 Å². The molecule has 0 saturated carbocycles. The maximum Gasteiger partial charge on any atom is 0.323 e. The van der Waals surface area contributed by atoms with E-state index >= 15 is 0 Å². The number of hydrogen-bond donors (Lipinski definition) is 1. The fraction of sp³-hybridized carbons (Fsp3) is 0.333. The second-order valence-electron chi connectivity index (χ2n) is 5.80. The van der Waals surface area contributed by atoms with Gasteiger partial charge in [0.05, 0.1) is 13.2 Å². The Kier molecular flexibility index (Phi) is 4.69. The predicted molar refractivity (Wildman–Crippen MR) is 86.5 cm³/mol. The van der Waals surface area contributed by atoms with E-state index in [0.717, 1.165) is 16.7 Å². The van der Waals surface area contributed by atoms with E-state index in [1.54, 1.807) is 6.20 Å². The van der Waals surface area contributed by atoms with Crippen LogP contribution >= 0.6 is 0 Å². The van der Waals surface area contributed by atoms with Crippen LogP contribution in [0.15, 0.2) is 48.8 Å². The number of likely N-dealkylation sites (tertiary alicyclic amines) is 1. The van der Waals surface area contributed by atoms with Crippen molar-refractivity contribution in [2.24, 2.45) is 0 Å². The van der Waals surface area contributed by atoms with Gasteiger partial charge in [-0.2, -0.15) is 0 Å². The zero-order valence-electron chi connectivity index (χ0n) is 13.1. The number of hydrogen-bond acceptors (Lipinski definition) is 5. The van der Waals surface area contributed by atoms with E-state index in [9.17, 15) is 9.90 Å². The van der Waals surface area contributed by atoms with Crippen LogP contribution in [0.1, 0.15) is 12.0 Å². The summed E-state index contributed by atoms with van der Waals surface area (Å²) in [5, 5.41) is 9.87. The number of benzene rings is 1. The van der Waals surface area contributed by atoms with Gasteiger partial charge in [0.15, 0.2) is 0 Å². The molecule has 1 aliphatic heterocycles. The monoisotopic (exact) mass is 312 g/mol. The Morgan fingerprint density at radius 3 is 2.91 bits per heavy atom. The number of carbonyl (C=O) groups is 1. The van der Waals surface area contributed by atoms with Crippen LogP contribution in [0.4, 0.5) is 0 Å². The van der Waals surface area contributed by atoms with Crippen molar-refractivity contribution in [1.29, 1.82) is 0 Å². The molecular formula is C18H20N2O3. The number of carbonyl (C=O) groups excluding carboxylic acids is 1. The van der Waals surface area contributed by atoms with Crippen molar-refractivity contribution >= 4 is 5.97 Å². The maximum absolute atomic E-state index is 11.9. The minimum atomic E-state index is -0.486. The first-order valence-electron chi connectivity index (χ1n) is 7.66. The molecular weight excluding hydrogens is 292 g/mol. The fourth-order valence-electron chi connectivity index (χ4n) is 3.05. The average Bonchev–Trinajstić information content (AvgIpc) is 2.95. The lowest BCUT2D eigenvalue weighted by Crippen LogP contribution is -2.36. The van der Waals surface area contributed by atoms with Gasteiger partial charge in [-0.15, -0.1) is 0 Å². The van der Waals surface area contributed by atoms with Crippen molar-refractivity contribution in [3.8, 4) is 11.1 Å². The van der Waals surface area contributed by atoms with Gasteiger partial charge in [-0.1, -0.05) is 24.3 Å². The molecule has 1 saturated heterocycles. The SMILES string of the molecule is COC(=O)[C@@H]1C[C@@H](O)CN1Cc1cccc(-c2cccnc2)c1. The lowest BCUT2D eigenvalue weighted by atomic mass is 10.0. The summed E-state index contributed by atoms with van der Waals surface area (Å²) in [6.07, 6.45) is 3.52. The summed E-state index contributed by atoms with van der Waals surface area (Å²) < 4.78 is 4.84. The topological polar surface area (TPSA) is 62.7 Å². The molecule has 0 radical (unpaired) electrons. The number of aromatic nitrogens is 1. The molecule has 1 N–H and O–H groups in total. The van der Waals surface area contributed by atoms with Crippen molar-refractivity contribution in [3.63, 3.8) is 0 Å². The van der Waals surface area contributed by atoms with Crippen molar-refractivity contribution < 1.29 is 14.6 Å². The first-order valence-corrected chi connectivity index (χ1v) is 7.66. The van der Waals surface area contributed by atoms with Crippen LogP contribution in [-0.4, -0.2) is 46.8 Å². The van der Waals surface area contributed by atoms with Crippen molar-refractivity contribution in [1.82, 2.24) is 9.88 Å². The highest BCUT2D eigenvalue weighted by atomic mass is 16.5. The molecule has 0 spiro atoms. The van der Waals surface area contributed by atoms with Gasteiger partial charge < -0.3 is 9.84 Å². The Morgan fingerprint density at radius 1 is 1.35 bits per heavy atom. The Labute approximate surface area is 135 Å². The smallest absolute Gasteiger partial charge is 0.323 e. The molecule has 2 aromatic rings. The van der Waals surface area contributed by atoms with E-state index in [2.05, 4.69) is 11.1 Å². The molecule has 1 fully saturated rings. The average molecular weight is 312 g/mol. The third kappa shape index (κ3) is 3.57. The molecule has 1 aromatic heterocycles. The second-order valence-corrected chi connectivity index (χ2v) is 5.80. The number of aliphatic hydroxyl groups is 1. The van der Waals surface area contributed by atoms with Crippen LogP contribution < -0.4 is 0 Å². The van der Waals surface area contributed by atoms with Crippen LogP contribution in [0, 0.1) is 0 Å². The maximum atomic E-state index is 11.9. The van der Waals surface area contributed by atoms with Gasteiger partial charge in [0.1, 0.15) is 6.04 Å². The number of rotatable bonds is 4. The first kappa shape index (κ1) is 15.6. The molecule has 120 valence electrons. The van der Waals surface area contributed by atoms with Gasteiger partial charge in [-0.05, 0) is 28.8 Å². The molecule has 1 aromatic carbocycles. The van der Waals surface area contributed by atoms with E-state index in [-0.39, 0.29) is 12.0 Å². The Balaban J connectivity index is 1.79. The van der Waals surface area contributed by atoms with Crippen LogP contribution in [0.5, 0.6) is 0 Å². The van der Waals surface area contributed by atoms with Crippen LogP contribution in [0.25, 0.3) is 11.1 Å². The van der Waals surface area contributed by atoms with Crippen LogP contribution in [0.3, 0.4) is 0 Å². The largest absolute Gasteiger partial charge is 0.468 e. The highest BCUT2D eigenvalue weighted by Gasteiger charge is 2.36. The second kappa shape index (κ2) is 6.89. The van der Waals surface area contributed by atoms with Crippen LogP contribution in [-0.2, 0) is 16.1 Å². The molecule has 2 heterocycles.